The van der Waals surface area contributed by atoms with Crippen molar-refractivity contribution in [2.24, 2.45) is 0 Å². The molecule has 0 radical (unpaired) electrons. The van der Waals surface area contributed by atoms with Crippen molar-refractivity contribution in [3.8, 4) is 0 Å². The molecule has 4 heterocycles. The zero-order chi connectivity index (χ0) is 15.8. The maximum Gasteiger partial charge on any atom is 0.102 e. The lowest BCUT2D eigenvalue weighted by atomic mass is 9.84. The van der Waals surface area contributed by atoms with E-state index in [0.29, 0.717) is 0 Å². The van der Waals surface area contributed by atoms with Crippen LogP contribution in [0, 0.1) is 0 Å². The molecule has 2 fully saturated rings. The summed E-state index contributed by atoms with van der Waals surface area (Å²) in [6, 6.07) is 16.8. The third-order valence-corrected chi connectivity index (χ3v) is 6.21. The normalized spacial score (nSPS) is 37.9. The third kappa shape index (κ3) is 1.62. The Morgan fingerprint density at radius 2 is 1.12 bits per heavy atom. The van der Waals surface area contributed by atoms with Crippen LogP contribution in [0.25, 0.3) is 0 Å². The summed E-state index contributed by atoms with van der Waals surface area (Å²) in [6.07, 6.45) is 1.91. The average molecular weight is 321 g/mol. The Hall–Kier alpha value is -1.72. The highest BCUT2D eigenvalue weighted by atomic mass is 16.6. The van der Waals surface area contributed by atoms with Crippen molar-refractivity contribution in [1.29, 1.82) is 0 Å². The molecule has 4 aliphatic heterocycles. The highest BCUT2D eigenvalue weighted by molar-refractivity contribution is 5.40. The second-order valence-corrected chi connectivity index (χ2v) is 7.33. The van der Waals surface area contributed by atoms with Crippen molar-refractivity contribution in [3.05, 3.63) is 70.8 Å². The monoisotopic (exact) mass is 321 g/mol. The standard InChI is InChI=1S/C20H19NO3/c22-21(15-9-17-11-5-1-3-7-13(11)19(15)23-17)16-10-18-12-6-2-4-8-14(12)20(16)24-18/h1-8,15-20,22H,9-10H2/t15-,16-,17+,18+,19+,20+/m1/s1. The van der Waals surface area contributed by atoms with E-state index in [-0.39, 0.29) is 36.5 Å². The van der Waals surface area contributed by atoms with Crippen molar-refractivity contribution >= 4 is 0 Å². The molecule has 0 saturated carbocycles. The van der Waals surface area contributed by atoms with E-state index in [0.717, 1.165) is 12.8 Å². The molecule has 0 aromatic heterocycles. The molecule has 0 amide bonds. The van der Waals surface area contributed by atoms with Crippen LogP contribution in [0.15, 0.2) is 48.5 Å². The molecule has 1 N–H and O–H groups in total. The fourth-order valence-corrected chi connectivity index (χ4v) is 5.16. The number of benzene rings is 2. The summed E-state index contributed by atoms with van der Waals surface area (Å²) in [4.78, 5) is 0. The van der Waals surface area contributed by atoms with Gasteiger partial charge in [-0.2, -0.15) is 5.06 Å². The first-order chi connectivity index (χ1) is 11.8. The molecule has 4 bridgehead atoms. The molecule has 4 heteroatoms. The first-order valence-corrected chi connectivity index (χ1v) is 8.77. The molecule has 122 valence electrons. The SMILES string of the molecule is ON([C@@H]1C[C@@H]2O[C@H]1c1ccccc12)[C@@H]1C[C@@H]2O[C@H]1c1ccccc12. The van der Waals surface area contributed by atoms with Gasteiger partial charge < -0.3 is 14.7 Å². The van der Waals surface area contributed by atoms with Crippen LogP contribution < -0.4 is 0 Å². The van der Waals surface area contributed by atoms with Crippen molar-refractivity contribution in [2.45, 2.75) is 49.3 Å². The van der Waals surface area contributed by atoms with E-state index in [2.05, 4.69) is 48.5 Å². The van der Waals surface area contributed by atoms with Crippen LogP contribution in [0.2, 0.25) is 0 Å². The molecular formula is C20H19NO3. The molecule has 4 nitrogen and oxygen atoms in total. The van der Waals surface area contributed by atoms with Crippen LogP contribution in [-0.4, -0.2) is 22.4 Å². The van der Waals surface area contributed by atoms with Crippen LogP contribution in [-0.2, 0) is 9.47 Å². The Balaban J connectivity index is 1.31. The van der Waals surface area contributed by atoms with E-state index < -0.39 is 0 Å². The van der Waals surface area contributed by atoms with Gasteiger partial charge in [-0.1, -0.05) is 48.5 Å². The largest absolute Gasteiger partial charge is 0.364 e. The van der Waals surface area contributed by atoms with E-state index in [4.69, 9.17) is 9.47 Å². The summed E-state index contributed by atoms with van der Waals surface area (Å²) in [7, 11) is 0. The molecule has 6 atom stereocenters. The summed E-state index contributed by atoms with van der Waals surface area (Å²) in [5.41, 5.74) is 5.06. The quantitative estimate of drug-likeness (QED) is 0.853. The fraction of sp³-hybridized carbons (Fsp3) is 0.400. The van der Waals surface area contributed by atoms with E-state index in [1.165, 1.54) is 22.3 Å². The molecule has 2 saturated heterocycles. The molecule has 2 aromatic rings. The Morgan fingerprint density at radius 1 is 0.708 bits per heavy atom. The summed E-state index contributed by atoms with van der Waals surface area (Å²) < 4.78 is 12.3. The first kappa shape index (κ1) is 13.6. The highest BCUT2D eigenvalue weighted by Gasteiger charge is 2.53. The van der Waals surface area contributed by atoms with Crippen molar-refractivity contribution in [3.63, 3.8) is 0 Å². The van der Waals surface area contributed by atoms with Crippen LogP contribution in [0.1, 0.15) is 59.5 Å². The zero-order valence-electron chi connectivity index (χ0n) is 13.2. The first-order valence-electron chi connectivity index (χ1n) is 8.77. The van der Waals surface area contributed by atoms with Gasteiger partial charge in [0.2, 0.25) is 0 Å². The second-order valence-electron chi connectivity index (χ2n) is 7.33. The predicted octanol–water partition coefficient (Wildman–Crippen LogP) is 3.85. The minimum atomic E-state index is -0.0226. The van der Waals surface area contributed by atoms with Crippen molar-refractivity contribution in [1.82, 2.24) is 5.06 Å². The Kier molecular flexibility index (Phi) is 2.64. The van der Waals surface area contributed by atoms with Crippen LogP contribution >= 0.6 is 0 Å². The van der Waals surface area contributed by atoms with Gasteiger partial charge in [0, 0.05) is 0 Å². The molecule has 6 rings (SSSR count). The molecule has 2 aromatic carbocycles. The van der Waals surface area contributed by atoms with Gasteiger partial charge in [0.25, 0.3) is 0 Å². The molecule has 24 heavy (non-hydrogen) atoms. The summed E-state index contributed by atoms with van der Waals surface area (Å²) in [5, 5.41) is 12.6. The number of fused-ring (bicyclic) bond motifs is 10. The van der Waals surface area contributed by atoms with Gasteiger partial charge in [-0.3, -0.25) is 0 Å². The van der Waals surface area contributed by atoms with Gasteiger partial charge in [-0.15, -0.1) is 0 Å². The topological polar surface area (TPSA) is 41.9 Å². The Labute approximate surface area is 140 Å². The molecule has 0 unspecified atom stereocenters. The summed E-state index contributed by atoms with van der Waals surface area (Å²) >= 11 is 0. The minimum absolute atomic E-state index is 0.0185. The number of hydroxylamine groups is 2. The second kappa shape index (κ2) is 4.67. The van der Waals surface area contributed by atoms with Gasteiger partial charge in [-0.05, 0) is 35.1 Å². The smallest absolute Gasteiger partial charge is 0.102 e. The predicted molar refractivity (Wildman–Crippen MR) is 86.5 cm³/mol. The average Bonchev–Trinajstić information content (AvgIpc) is 3.40. The number of hydrogen-bond donors (Lipinski definition) is 1. The number of rotatable bonds is 2. The lowest BCUT2D eigenvalue weighted by Crippen LogP contribution is -2.45. The van der Waals surface area contributed by atoms with E-state index >= 15 is 0 Å². The molecule has 0 spiro atoms. The van der Waals surface area contributed by atoms with E-state index in [9.17, 15) is 5.21 Å². The maximum absolute atomic E-state index is 11.0. The van der Waals surface area contributed by atoms with E-state index in [1.54, 1.807) is 5.06 Å². The van der Waals surface area contributed by atoms with Crippen molar-refractivity contribution < 1.29 is 14.7 Å². The van der Waals surface area contributed by atoms with Gasteiger partial charge in [0.05, 0.1) is 24.3 Å². The van der Waals surface area contributed by atoms with Crippen LogP contribution in [0.3, 0.4) is 0 Å². The van der Waals surface area contributed by atoms with Crippen molar-refractivity contribution in [2.75, 3.05) is 0 Å². The number of nitrogens with zero attached hydrogens (tertiary/aromatic N) is 1. The zero-order valence-corrected chi connectivity index (χ0v) is 13.2. The number of ether oxygens (including phenoxy) is 2. The lowest BCUT2D eigenvalue weighted by Gasteiger charge is -2.35. The fourth-order valence-electron chi connectivity index (χ4n) is 5.16. The third-order valence-electron chi connectivity index (χ3n) is 6.21. The molecule has 4 aliphatic rings. The van der Waals surface area contributed by atoms with Gasteiger partial charge in [0.15, 0.2) is 0 Å². The van der Waals surface area contributed by atoms with Gasteiger partial charge in [-0.25, -0.2) is 0 Å². The highest BCUT2D eigenvalue weighted by Crippen LogP contribution is 2.56. The minimum Gasteiger partial charge on any atom is -0.364 e. The lowest BCUT2D eigenvalue weighted by molar-refractivity contribution is -0.183. The maximum atomic E-state index is 11.0. The van der Waals surface area contributed by atoms with Gasteiger partial charge in [0.1, 0.15) is 12.2 Å². The Morgan fingerprint density at radius 3 is 1.58 bits per heavy atom. The van der Waals surface area contributed by atoms with Crippen LogP contribution in [0.4, 0.5) is 0 Å². The number of hydrogen-bond acceptors (Lipinski definition) is 4. The summed E-state index contributed by atoms with van der Waals surface area (Å²) in [5.74, 6) is 0. The van der Waals surface area contributed by atoms with E-state index in [1.807, 2.05) is 0 Å². The summed E-state index contributed by atoms with van der Waals surface area (Å²) in [6.45, 7) is 0. The van der Waals surface area contributed by atoms with Crippen LogP contribution in [0.5, 0.6) is 0 Å². The molecule has 0 aliphatic carbocycles. The van der Waals surface area contributed by atoms with Gasteiger partial charge >= 0.3 is 0 Å². The molecular weight excluding hydrogens is 302 g/mol. The Bertz CT molecular complexity index is 755.